The van der Waals surface area contributed by atoms with E-state index in [-0.39, 0.29) is 32.0 Å². The lowest BCUT2D eigenvalue weighted by molar-refractivity contribution is -0.217. The molecule has 98 valence electrons. The lowest BCUT2D eigenvalue weighted by atomic mass is 10.5. The van der Waals surface area contributed by atoms with Crippen LogP contribution in [0.3, 0.4) is 0 Å². The summed E-state index contributed by atoms with van der Waals surface area (Å²) in [7, 11) is -3.71. The van der Waals surface area contributed by atoms with Crippen LogP contribution in [0, 0.1) is 0 Å². The van der Waals surface area contributed by atoms with Crippen LogP contribution < -0.4 is 0 Å². The quantitative estimate of drug-likeness (QED) is 0.146. The Hall–Kier alpha value is -0.270. The first kappa shape index (κ1) is 13.2. The lowest BCUT2D eigenvalue weighted by Crippen LogP contribution is -2.08. The molecule has 2 rings (SSSR count). The van der Waals surface area contributed by atoms with E-state index in [0.29, 0.717) is 13.2 Å². The van der Waals surface area contributed by atoms with Crippen LogP contribution in [-0.2, 0) is 32.6 Å². The third kappa shape index (κ3) is 5.27. The summed E-state index contributed by atoms with van der Waals surface area (Å²) >= 11 is 0. The van der Waals surface area contributed by atoms with Gasteiger partial charge in [0, 0.05) is 0 Å². The third-order valence-electron chi connectivity index (χ3n) is 1.97. The van der Waals surface area contributed by atoms with E-state index in [1.165, 1.54) is 6.08 Å². The first-order valence-electron chi connectivity index (χ1n) is 5.26. The number of rotatable bonds is 10. The van der Waals surface area contributed by atoms with E-state index in [1.807, 2.05) is 0 Å². The fourth-order valence-electron chi connectivity index (χ4n) is 0.901. The summed E-state index contributed by atoms with van der Waals surface area (Å²) in [5.74, 6) is 0. The van der Waals surface area contributed by atoms with Crippen molar-refractivity contribution < 1.29 is 32.6 Å². The summed E-state index contributed by atoms with van der Waals surface area (Å²) in [6.07, 6.45) is 1.39. The van der Waals surface area contributed by atoms with Crippen molar-refractivity contribution in [3.63, 3.8) is 0 Å². The molecule has 0 radical (unpaired) electrons. The van der Waals surface area contributed by atoms with Crippen LogP contribution in [0.25, 0.3) is 0 Å². The topological polar surface area (TPSA) is 79.1 Å². The van der Waals surface area contributed by atoms with Gasteiger partial charge in [0.1, 0.15) is 18.8 Å². The molecular formula is C9H15O7P. The first-order valence-corrected chi connectivity index (χ1v) is 6.72. The molecule has 17 heavy (non-hydrogen) atoms. The van der Waals surface area contributed by atoms with Crippen LogP contribution in [0.5, 0.6) is 0 Å². The second-order valence-electron chi connectivity index (χ2n) is 3.60. The van der Waals surface area contributed by atoms with Crippen molar-refractivity contribution in [2.45, 2.75) is 12.2 Å². The molecule has 0 bridgehead atoms. The van der Waals surface area contributed by atoms with Gasteiger partial charge < -0.3 is 9.47 Å². The van der Waals surface area contributed by atoms with Gasteiger partial charge in [-0.05, 0) is 0 Å². The molecule has 0 aromatic carbocycles. The second-order valence-corrected chi connectivity index (χ2v) is 5.16. The lowest BCUT2D eigenvalue weighted by Gasteiger charge is -2.15. The van der Waals surface area contributed by atoms with Crippen molar-refractivity contribution in [2.75, 3.05) is 33.0 Å². The van der Waals surface area contributed by atoms with Gasteiger partial charge in [0.05, 0.1) is 26.4 Å². The number of hydrogen-bond acceptors (Lipinski definition) is 7. The fraction of sp³-hybridized carbons (Fsp3) is 0.778. The van der Waals surface area contributed by atoms with Gasteiger partial charge in [-0.15, -0.1) is 11.3 Å². The highest BCUT2D eigenvalue weighted by Gasteiger charge is 2.36. The highest BCUT2D eigenvalue weighted by atomic mass is 31.2. The Morgan fingerprint density at radius 2 is 1.76 bits per heavy atom. The highest BCUT2D eigenvalue weighted by molar-refractivity contribution is 7.48. The standard InChI is InChI=1S/C9H15O7P/c1-2-3-13-16-17(10,14-6-8-4-11-8)15-7-9-5-12-9/h2,8-9H,1,3-7H2. The number of hydrogen-bond donors (Lipinski definition) is 0. The smallest absolute Gasteiger partial charge is 0.371 e. The van der Waals surface area contributed by atoms with Crippen molar-refractivity contribution in [3.8, 4) is 0 Å². The molecule has 0 spiro atoms. The minimum atomic E-state index is -3.71. The Morgan fingerprint density at radius 1 is 1.24 bits per heavy atom. The van der Waals surface area contributed by atoms with Gasteiger partial charge in [0.25, 0.3) is 0 Å². The molecule has 0 aromatic heterocycles. The van der Waals surface area contributed by atoms with Crippen LogP contribution in [0.1, 0.15) is 0 Å². The molecule has 7 nitrogen and oxygen atoms in total. The van der Waals surface area contributed by atoms with E-state index in [9.17, 15) is 4.57 Å². The van der Waals surface area contributed by atoms with Gasteiger partial charge in [0.2, 0.25) is 0 Å². The van der Waals surface area contributed by atoms with Gasteiger partial charge in [-0.3, -0.25) is 9.05 Å². The zero-order valence-electron chi connectivity index (χ0n) is 9.28. The Morgan fingerprint density at radius 3 is 2.18 bits per heavy atom. The molecule has 2 fully saturated rings. The molecule has 2 saturated heterocycles. The second kappa shape index (κ2) is 6.06. The van der Waals surface area contributed by atoms with Crippen LogP contribution >= 0.6 is 7.82 Å². The molecule has 8 heteroatoms. The summed E-state index contributed by atoms with van der Waals surface area (Å²) < 4.78 is 36.6. The maximum Gasteiger partial charge on any atom is 0.502 e. The molecule has 2 heterocycles. The molecule has 2 unspecified atom stereocenters. The number of phosphoric ester groups is 1. The van der Waals surface area contributed by atoms with Crippen LogP contribution in [0.4, 0.5) is 0 Å². The van der Waals surface area contributed by atoms with Gasteiger partial charge in [-0.1, -0.05) is 6.08 Å². The number of epoxide rings is 2. The predicted octanol–water partition coefficient (Wildman–Crippen LogP) is 1.06. The van der Waals surface area contributed by atoms with Crippen LogP contribution in [0.2, 0.25) is 0 Å². The Balaban J connectivity index is 1.73. The summed E-state index contributed by atoms with van der Waals surface area (Å²) in [6, 6.07) is 0. The number of phosphoric acid groups is 1. The van der Waals surface area contributed by atoms with E-state index in [2.05, 4.69) is 16.1 Å². The van der Waals surface area contributed by atoms with E-state index in [0.717, 1.165) is 0 Å². The van der Waals surface area contributed by atoms with Crippen molar-refractivity contribution in [3.05, 3.63) is 12.7 Å². The summed E-state index contributed by atoms with van der Waals surface area (Å²) in [5.41, 5.74) is 0. The summed E-state index contributed by atoms with van der Waals surface area (Å²) in [4.78, 5) is 4.64. The third-order valence-corrected chi connectivity index (χ3v) is 3.19. The molecule has 0 aromatic rings. The molecule has 0 aliphatic carbocycles. The molecule has 0 amide bonds. The van der Waals surface area contributed by atoms with E-state index in [4.69, 9.17) is 18.5 Å². The molecule has 0 saturated carbocycles. The monoisotopic (exact) mass is 266 g/mol. The summed E-state index contributed by atoms with van der Waals surface area (Å²) in [5, 5.41) is 0. The molecule has 0 N–H and O–H groups in total. The highest BCUT2D eigenvalue weighted by Crippen LogP contribution is 2.50. The fourth-order valence-corrected chi connectivity index (χ4v) is 1.95. The van der Waals surface area contributed by atoms with Gasteiger partial charge >= 0.3 is 7.82 Å². The van der Waals surface area contributed by atoms with Crippen LogP contribution in [-0.4, -0.2) is 45.2 Å². The zero-order chi connectivity index (χ0) is 12.1. The number of ether oxygens (including phenoxy) is 2. The van der Waals surface area contributed by atoms with Crippen molar-refractivity contribution >= 4 is 7.82 Å². The van der Waals surface area contributed by atoms with E-state index in [1.54, 1.807) is 0 Å². The SMILES string of the molecule is C=CCOOP(=O)(OCC1CO1)OCC1CO1. The average molecular weight is 266 g/mol. The van der Waals surface area contributed by atoms with Crippen molar-refractivity contribution in [1.82, 2.24) is 0 Å². The maximum absolute atomic E-state index is 12.0. The van der Waals surface area contributed by atoms with Gasteiger partial charge in [-0.2, -0.15) is 0 Å². The zero-order valence-corrected chi connectivity index (χ0v) is 10.2. The van der Waals surface area contributed by atoms with Crippen LogP contribution in [0.15, 0.2) is 12.7 Å². The molecular weight excluding hydrogens is 251 g/mol. The molecule has 2 atom stereocenters. The van der Waals surface area contributed by atoms with Crippen molar-refractivity contribution in [1.29, 1.82) is 0 Å². The average Bonchev–Trinajstić information content (AvgIpc) is 3.18. The maximum atomic E-state index is 12.0. The largest absolute Gasteiger partial charge is 0.502 e. The normalized spacial score (nSPS) is 29.6. The minimum absolute atomic E-state index is 0.0351. The minimum Gasteiger partial charge on any atom is -0.371 e. The van der Waals surface area contributed by atoms with Crippen molar-refractivity contribution in [2.24, 2.45) is 0 Å². The summed E-state index contributed by atoms with van der Waals surface area (Å²) in [6.45, 7) is 5.03. The van der Waals surface area contributed by atoms with Gasteiger partial charge in [0.15, 0.2) is 0 Å². The molecule has 2 aliphatic rings. The Labute approximate surface area is 99.1 Å². The Kier molecular flexibility index (Phi) is 4.69. The van der Waals surface area contributed by atoms with Gasteiger partial charge in [-0.25, -0.2) is 9.45 Å². The Bertz CT molecular complexity index is 280. The van der Waals surface area contributed by atoms with E-state index < -0.39 is 7.82 Å². The molecule has 2 aliphatic heterocycles. The van der Waals surface area contributed by atoms with E-state index >= 15 is 0 Å². The predicted molar refractivity (Wildman–Crippen MR) is 56.2 cm³/mol. The first-order chi connectivity index (χ1) is 8.22.